The van der Waals surface area contributed by atoms with Crippen LogP contribution in [0.5, 0.6) is 0 Å². The summed E-state index contributed by atoms with van der Waals surface area (Å²) in [5.41, 5.74) is 3.92. The molecule has 2 rings (SSSR count). The van der Waals surface area contributed by atoms with Crippen molar-refractivity contribution in [3.63, 3.8) is 0 Å². The molecule has 0 spiro atoms. The van der Waals surface area contributed by atoms with Gasteiger partial charge in [-0.1, -0.05) is 19.9 Å². The molecule has 7 nitrogen and oxygen atoms in total. The zero-order valence-corrected chi connectivity index (χ0v) is 18.4. The molecule has 0 fully saturated rings. The minimum Gasteiger partial charge on any atom is -0.366 e. The maximum atomic E-state index is 14.2. The number of alkyl halides is 3. The van der Waals surface area contributed by atoms with Crippen LogP contribution in [0.2, 0.25) is 0 Å². The van der Waals surface area contributed by atoms with E-state index in [0.717, 1.165) is 21.8 Å². The fourth-order valence-corrected chi connectivity index (χ4v) is 3.30. The first-order valence-corrected chi connectivity index (χ1v) is 10.2. The van der Waals surface area contributed by atoms with E-state index < -0.39 is 35.4 Å². The minimum absolute atomic E-state index is 0.0506. The molecule has 0 aliphatic rings. The molecule has 11 heteroatoms. The van der Waals surface area contributed by atoms with E-state index in [4.69, 9.17) is 5.73 Å². The smallest absolute Gasteiger partial charge is 0.366 e. The molecule has 0 bridgehead atoms. The lowest BCUT2D eigenvalue weighted by molar-refractivity contribution is -0.141. The maximum absolute atomic E-state index is 14.2. The molecule has 2 N–H and O–H groups in total. The number of carbonyl (C=O) groups excluding carboxylic acids is 2. The van der Waals surface area contributed by atoms with Gasteiger partial charge in [-0.2, -0.15) is 18.0 Å². The van der Waals surface area contributed by atoms with Crippen molar-refractivity contribution in [3.05, 3.63) is 46.9 Å². The van der Waals surface area contributed by atoms with Crippen molar-refractivity contribution in [2.75, 3.05) is 30.0 Å². The molecule has 2 amide bonds. The monoisotopic (exact) mass is 457 g/mol. The van der Waals surface area contributed by atoms with Crippen molar-refractivity contribution >= 4 is 17.6 Å². The number of anilines is 1. The van der Waals surface area contributed by atoms with Gasteiger partial charge >= 0.3 is 6.18 Å². The summed E-state index contributed by atoms with van der Waals surface area (Å²) in [6.45, 7) is 6.16. The highest BCUT2D eigenvalue weighted by molar-refractivity contribution is 5.97. The second kappa shape index (κ2) is 10.0. The molecule has 0 radical (unpaired) electrons. The van der Waals surface area contributed by atoms with Crippen LogP contribution in [0.1, 0.15) is 61.1 Å². The summed E-state index contributed by atoms with van der Waals surface area (Å²) in [5, 5.41) is 5.35. The molecule has 0 aliphatic carbocycles. The molecule has 1 aromatic carbocycles. The number of hydrogen-bond acceptors (Lipinski definition) is 4. The molecule has 1 atom stereocenters. The molecule has 32 heavy (non-hydrogen) atoms. The Bertz CT molecular complexity index is 968. The van der Waals surface area contributed by atoms with E-state index >= 15 is 0 Å². The number of carbonyl (C=O) groups is 2. The van der Waals surface area contributed by atoms with Crippen molar-refractivity contribution in [1.29, 1.82) is 0 Å². The fourth-order valence-electron chi connectivity index (χ4n) is 3.30. The summed E-state index contributed by atoms with van der Waals surface area (Å²) in [4.78, 5) is 26.5. The van der Waals surface area contributed by atoms with Gasteiger partial charge in [0.05, 0.1) is 11.5 Å². The largest absolute Gasteiger partial charge is 0.435 e. The Labute approximate surface area is 183 Å². The van der Waals surface area contributed by atoms with Crippen LogP contribution in [0.4, 0.5) is 23.4 Å². The summed E-state index contributed by atoms with van der Waals surface area (Å²) >= 11 is 0. The molecule has 1 unspecified atom stereocenters. The molecule has 0 aliphatic heterocycles. The molecule has 0 saturated heterocycles. The topological polar surface area (TPSA) is 84.5 Å². The molecular formula is C21H27F4N5O2. The van der Waals surface area contributed by atoms with Gasteiger partial charge in [0.1, 0.15) is 5.82 Å². The SMILES string of the molecule is CCCN(CCC)n1nc(C(F)(F)F)cc1N(C)C(=O)C(C)c1ccc(C(N)=O)c(F)c1. The summed E-state index contributed by atoms with van der Waals surface area (Å²) < 4.78 is 54.3. The Balaban J connectivity index is 2.44. The first-order valence-electron chi connectivity index (χ1n) is 10.2. The number of primary amides is 1. The lowest BCUT2D eigenvalue weighted by Crippen LogP contribution is -2.41. The Hall–Kier alpha value is -3.11. The number of aromatic nitrogens is 2. The Kier molecular flexibility index (Phi) is 7.87. The summed E-state index contributed by atoms with van der Waals surface area (Å²) in [6, 6.07) is 4.40. The highest BCUT2D eigenvalue weighted by Gasteiger charge is 2.37. The van der Waals surface area contributed by atoms with Crippen LogP contribution in [0, 0.1) is 5.82 Å². The molecule has 2 aromatic rings. The number of hydrogen-bond donors (Lipinski definition) is 1. The van der Waals surface area contributed by atoms with E-state index in [1.165, 1.54) is 26.1 Å². The van der Waals surface area contributed by atoms with Crippen LogP contribution in [0.25, 0.3) is 0 Å². The summed E-state index contributed by atoms with van der Waals surface area (Å²) in [7, 11) is 1.34. The first-order chi connectivity index (χ1) is 14.9. The molecular weight excluding hydrogens is 430 g/mol. The van der Waals surface area contributed by atoms with Gasteiger partial charge in [0.15, 0.2) is 11.5 Å². The van der Waals surface area contributed by atoms with E-state index in [1.807, 2.05) is 13.8 Å². The average molecular weight is 457 g/mol. The number of likely N-dealkylation sites (N-methyl/N-ethyl adjacent to an activating group) is 1. The minimum atomic E-state index is -4.69. The predicted octanol–water partition coefficient (Wildman–Crippen LogP) is 3.66. The average Bonchev–Trinajstić information content (AvgIpc) is 3.17. The Morgan fingerprint density at radius 3 is 2.22 bits per heavy atom. The van der Waals surface area contributed by atoms with Crippen molar-refractivity contribution < 1.29 is 27.2 Å². The van der Waals surface area contributed by atoms with Crippen molar-refractivity contribution in [2.24, 2.45) is 5.73 Å². The van der Waals surface area contributed by atoms with Crippen molar-refractivity contribution in [3.8, 4) is 0 Å². The first kappa shape index (κ1) is 25.2. The van der Waals surface area contributed by atoms with Crippen LogP contribution in [-0.2, 0) is 11.0 Å². The zero-order chi connectivity index (χ0) is 24.2. The summed E-state index contributed by atoms with van der Waals surface area (Å²) in [6.07, 6.45) is -3.35. The molecule has 1 heterocycles. The van der Waals surface area contributed by atoms with Gasteiger partial charge in [0, 0.05) is 26.2 Å². The third kappa shape index (κ3) is 5.38. The van der Waals surface area contributed by atoms with E-state index in [0.29, 0.717) is 25.9 Å². The van der Waals surface area contributed by atoms with Crippen LogP contribution in [0.3, 0.4) is 0 Å². The number of benzene rings is 1. The summed E-state index contributed by atoms with van der Waals surface area (Å²) in [5.74, 6) is -3.34. The van der Waals surface area contributed by atoms with Gasteiger partial charge in [-0.25, -0.2) is 4.39 Å². The molecule has 176 valence electrons. The zero-order valence-electron chi connectivity index (χ0n) is 18.4. The molecule has 0 saturated carbocycles. The van der Waals surface area contributed by atoms with Crippen molar-refractivity contribution in [1.82, 2.24) is 9.89 Å². The third-order valence-electron chi connectivity index (χ3n) is 5.00. The number of nitrogens with two attached hydrogens (primary N) is 1. The number of nitrogens with zero attached hydrogens (tertiary/aromatic N) is 4. The second-order valence-electron chi connectivity index (χ2n) is 7.45. The van der Waals surface area contributed by atoms with E-state index in [2.05, 4.69) is 5.10 Å². The van der Waals surface area contributed by atoms with Gasteiger partial charge in [0.2, 0.25) is 5.91 Å². The second-order valence-corrected chi connectivity index (χ2v) is 7.45. The highest BCUT2D eigenvalue weighted by atomic mass is 19.4. The van der Waals surface area contributed by atoms with Crippen LogP contribution < -0.4 is 15.6 Å². The Morgan fingerprint density at radius 2 is 1.75 bits per heavy atom. The number of amides is 2. The van der Waals surface area contributed by atoms with Crippen LogP contribution in [0.15, 0.2) is 24.3 Å². The maximum Gasteiger partial charge on any atom is 0.435 e. The Morgan fingerprint density at radius 1 is 1.16 bits per heavy atom. The van der Waals surface area contributed by atoms with E-state index in [9.17, 15) is 27.2 Å². The van der Waals surface area contributed by atoms with Gasteiger partial charge in [0.25, 0.3) is 5.91 Å². The lowest BCUT2D eigenvalue weighted by atomic mass is 9.98. The predicted molar refractivity (Wildman–Crippen MR) is 113 cm³/mol. The van der Waals surface area contributed by atoms with Gasteiger partial charge in [-0.05, 0) is 37.5 Å². The highest BCUT2D eigenvalue weighted by Crippen LogP contribution is 2.32. The van der Waals surface area contributed by atoms with Gasteiger partial charge in [-0.15, -0.1) is 5.10 Å². The molecule has 1 aromatic heterocycles. The van der Waals surface area contributed by atoms with Gasteiger partial charge < -0.3 is 5.73 Å². The fraction of sp³-hybridized carbons (Fsp3) is 0.476. The van der Waals surface area contributed by atoms with Crippen molar-refractivity contribution in [2.45, 2.75) is 45.7 Å². The lowest BCUT2D eigenvalue weighted by Gasteiger charge is -2.29. The normalized spacial score (nSPS) is 12.5. The van der Waals surface area contributed by atoms with E-state index in [-0.39, 0.29) is 16.9 Å². The van der Waals surface area contributed by atoms with Gasteiger partial charge in [-0.3, -0.25) is 19.5 Å². The number of halogens is 4. The van der Waals surface area contributed by atoms with E-state index in [1.54, 1.807) is 5.01 Å². The quantitative estimate of drug-likeness (QED) is 0.583. The third-order valence-corrected chi connectivity index (χ3v) is 5.00. The number of rotatable bonds is 9. The van der Waals surface area contributed by atoms with Crippen LogP contribution in [-0.4, -0.2) is 41.8 Å². The standard InChI is InChI=1S/C21H27F4N5O2/c1-5-9-29(10-6-2)30-18(12-17(27-30)21(23,24)25)28(4)20(32)13(3)14-7-8-15(19(26)31)16(22)11-14/h7-8,11-13H,5-6,9-10H2,1-4H3,(H2,26,31). The van der Waals surface area contributed by atoms with Crippen LogP contribution >= 0.6 is 0 Å².